The van der Waals surface area contributed by atoms with Crippen LogP contribution in [0.15, 0.2) is 22.7 Å². The van der Waals surface area contributed by atoms with Gasteiger partial charge in [-0.1, -0.05) is 26.2 Å². The number of ether oxygens (including phenoxy) is 1. The topological polar surface area (TPSA) is 93.4 Å². The van der Waals surface area contributed by atoms with Crippen LogP contribution in [0.1, 0.15) is 76.6 Å². The summed E-state index contributed by atoms with van der Waals surface area (Å²) in [5.41, 5.74) is 7.57. The van der Waals surface area contributed by atoms with Gasteiger partial charge in [-0.15, -0.1) is 11.3 Å². The van der Waals surface area contributed by atoms with Gasteiger partial charge in [0.25, 0.3) is 11.8 Å². The quantitative estimate of drug-likeness (QED) is 0.287. The average molecular weight is 539 g/mol. The number of nitrogens with one attached hydrogen (secondary N) is 2. The number of amides is 2. The SMILES string of the molecule is CCCCCCOc1ccc(C(=O)NC(=S)Nc2sc3c(c2C(N)=O)CCCC3)cc1Br. The minimum Gasteiger partial charge on any atom is -0.492 e. The standard InChI is InChI=1S/C23H28BrN3O3S2/c1-2-3-4-7-12-30-17-11-10-14(13-16(17)24)21(29)26-23(31)27-22-19(20(25)28)15-8-5-6-9-18(15)32-22/h10-11,13H,2-9,12H2,1H3,(H2,25,28)(H2,26,27,29,31). The Labute approximate surface area is 206 Å². The summed E-state index contributed by atoms with van der Waals surface area (Å²) in [5, 5.41) is 6.41. The molecule has 0 fully saturated rings. The van der Waals surface area contributed by atoms with Crippen LogP contribution in [0.5, 0.6) is 5.75 Å². The molecule has 1 aromatic heterocycles. The zero-order chi connectivity index (χ0) is 23.1. The molecule has 0 saturated heterocycles. The summed E-state index contributed by atoms with van der Waals surface area (Å²) >= 11 is 10.3. The van der Waals surface area contributed by atoms with E-state index in [9.17, 15) is 9.59 Å². The van der Waals surface area contributed by atoms with Crippen LogP contribution in [0.4, 0.5) is 5.00 Å². The Morgan fingerprint density at radius 3 is 2.72 bits per heavy atom. The highest BCUT2D eigenvalue weighted by Crippen LogP contribution is 2.37. The van der Waals surface area contributed by atoms with Crippen molar-refractivity contribution in [3.8, 4) is 5.75 Å². The smallest absolute Gasteiger partial charge is 0.257 e. The second kappa shape index (κ2) is 11.8. The predicted molar refractivity (Wildman–Crippen MR) is 137 cm³/mol. The minimum atomic E-state index is -0.477. The fraction of sp³-hybridized carbons (Fsp3) is 0.435. The van der Waals surface area contributed by atoms with Crippen molar-refractivity contribution in [1.82, 2.24) is 5.32 Å². The molecule has 1 aliphatic rings. The number of carbonyl (C=O) groups excluding carboxylic acids is 2. The van der Waals surface area contributed by atoms with Gasteiger partial charge < -0.3 is 15.8 Å². The molecule has 9 heteroatoms. The molecule has 32 heavy (non-hydrogen) atoms. The maximum absolute atomic E-state index is 12.7. The van der Waals surface area contributed by atoms with Crippen LogP contribution in [-0.2, 0) is 12.8 Å². The number of fused-ring (bicyclic) bond motifs is 1. The molecule has 1 aliphatic carbocycles. The molecule has 0 radical (unpaired) electrons. The zero-order valence-corrected chi connectivity index (χ0v) is 21.3. The highest BCUT2D eigenvalue weighted by Gasteiger charge is 2.24. The van der Waals surface area contributed by atoms with Gasteiger partial charge >= 0.3 is 0 Å². The lowest BCUT2D eigenvalue weighted by Gasteiger charge is -2.12. The fourth-order valence-electron chi connectivity index (χ4n) is 3.69. The Morgan fingerprint density at radius 1 is 1.22 bits per heavy atom. The number of benzene rings is 1. The molecule has 3 rings (SSSR count). The highest BCUT2D eigenvalue weighted by molar-refractivity contribution is 9.10. The second-order valence-electron chi connectivity index (χ2n) is 7.74. The first kappa shape index (κ1) is 24.7. The van der Waals surface area contributed by atoms with Crippen LogP contribution in [0.2, 0.25) is 0 Å². The molecule has 2 amide bonds. The van der Waals surface area contributed by atoms with Gasteiger partial charge in [-0.3, -0.25) is 14.9 Å². The van der Waals surface area contributed by atoms with Crippen LogP contribution in [-0.4, -0.2) is 23.5 Å². The largest absolute Gasteiger partial charge is 0.492 e. The number of aryl methyl sites for hydroxylation is 1. The van der Waals surface area contributed by atoms with E-state index in [1.54, 1.807) is 18.2 Å². The van der Waals surface area contributed by atoms with Gasteiger partial charge in [-0.05, 0) is 84.0 Å². The van der Waals surface area contributed by atoms with Gasteiger partial charge in [0.15, 0.2) is 5.11 Å². The molecule has 172 valence electrons. The number of thiophene rings is 1. The van der Waals surface area contributed by atoms with Gasteiger partial charge in [-0.25, -0.2) is 0 Å². The van der Waals surface area contributed by atoms with Gasteiger partial charge in [0.2, 0.25) is 0 Å². The molecular weight excluding hydrogens is 510 g/mol. The molecule has 1 aromatic carbocycles. The van der Waals surface area contributed by atoms with Crippen LogP contribution in [0, 0.1) is 0 Å². The average Bonchev–Trinajstić information content (AvgIpc) is 3.12. The molecule has 0 aliphatic heterocycles. The number of anilines is 1. The van der Waals surface area contributed by atoms with Crippen LogP contribution < -0.4 is 21.1 Å². The van der Waals surface area contributed by atoms with Crippen molar-refractivity contribution < 1.29 is 14.3 Å². The van der Waals surface area contributed by atoms with E-state index >= 15 is 0 Å². The van der Waals surface area contributed by atoms with E-state index in [0.29, 0.717) is 33.0 Å². The van der Waals surface area contributed by atoms with Crippen molar-refractivity contribution in [3.63, 3.8) is 0 Å². The Bertz CT molecular complexity index is 1010. The normalized spacial score (nSPS) is 12.7. The predicted octanol–water partition coefficient (Wildman–Crippen LogP) is 5.57. The highest BCUT2D eigenvalue weighted by atomic mass is 79.9. The van der Waals surface area contributed by atoms with E-state index in [1.165, 1.54) is 24.2 Å². The minimum absolute atomic E-state index is 0.128. The molecular formula is C23H28BrN3O3S2. The van der Waals surface area contributed by atoms with E-state index in [-0.39, 0.29) is 11.0 Å². The second-order valence-corrected chi connectivity index (χ2v) is 10.1. The third-order valence-corrected chi connectivity index (χ3v) is 7.35. The molecule has 6 nitrogen and oxygen atoms in total. The number of rotatable bonds is 9. The summed E-state index contributed by atoms with van der Waals surface area (Å²) in [6.07, 6.45) is 8.44. The van der Waals surface area contributed by atoms with Crippen LogP contribution in [0.3, 0.4) is 0 Å². The van der Waals surface area contributed by atoms with E-state index in [2.05, 4.69) is 33.5 Å². The van der Waals surface area contributed by atoms with Gasteiger partial charge in [0, 0.05) is 10.4 Å². The lowest BCUT2D eigenvalue weighted by Crippen LogP contribution is -2.34. The number of hydrogen-bond donors (Lipinski definition) is 3. The summed E-state index contributed by atoms with van der Waals surface area (Å²) in [5.74, 6) is -0.121. The number of hydrogen-bond acceptors (Lipinski definition) is 5. The molecule has 1 heterocycles. The number of nitrogens with two attached hydrogens (primary N) is 1. The number of primary amides is 1. The molecule has 4 N–H and O–H groups in total. The number of thiocarbonyl (C=S) groups is 1. The Balaban J connectivity index is 1.60. The molecule has 2 aromatic rings. The third kappa shape index (κ3) is 6.30. The molecule has 0 saturated carbocycles. The van der Waals surface area contributed by atoms with E-state index in [1.807, 2.05) is 0 Å². The maximum Gasteiger partial charge on any atom is 0.257 e. The number of unbranched alkanes of at least 4 members (excludes halogenated alkanes) is 3. The molecule has 0 spiro atoms. The first-order valence-corrected chi connectivity index (χ1v) is 12.9. The monoisotopic (exact) mass is 537 g/mol. The fourth-order valence-corrected chi connectivity index (χ4v) is 5.75. The van der Waals surface area contributed by atoms with Crippen molar-refractivity contribution in [3.05, 3.63) is 44.2 Å². The summed E-state index contributed by atoms with van der Waals surface area (Å²) in [4.78, 5) is 25.8. The van der Waals surface area contributed by atoms with Gasteiger partial charge in [0.1, 0.15) is 10.8 Å². The van der Waals surface area contributed by atoms with Crippen molar-refractivity contribution in [2.24, 2.45) is 5.73 Å². The Hall–Kier alpha value is -1.97. The summed E-state index contributed by atoms with van der Waals surface area (Å²) in [6, 6.07) is 5.18. The van der Waals surface area contributed by atoms with Crippen LogP contribution >= 0.6 is 39.5 Å². The van der Waals surface area contributed by atoms with E-state index < -0.39 is 5.91 Å². The van der Waals surface area contributed by atoms with Crippen molar-refractivity contribution >= 4 is 61.4 Å². The molecule has 0 unspecified atom stereocenters. The maximum atomic E-state index is 12.7. The lowest BCUT2D eigenvalue weighted by molar-refractivity contribution is 0.0975. The zero-order valence-electron chi connectivity index (χ0n) is 18.1. The first-order valence-electron chi connectivity index (χ1n) is 10.9. The van der Waals surface area contributed by atoms with E-state index in [4.69, 9.17) is 22.7 Å². The van der Waals surface area contributed by atoms with E-state index in [0.717, 1.165) is 49.0 Å². The van der Waals surface area contributed by atoms with Crippen molar-refractivity contribution in [2.45, 2.75) is 58.3 Å². The first-order chi connectivity index (χ1) is 15.4. The number of carbonyl (C=O) groups is 2. The Morgan fingerprint density at radius 2 is 2.00 bits per heavy atom. The Kier molecular flexibility index (Phi) is 9.07. The third-order valence-electron chi connectivity index (χ3n) is 5.32. The van der Waals surface area contributed by atoms with Gasteiger partial charge in [0.05, 0.1) is 16.6 Å². The summed E-state index contributed by atoms with van der Waals surface area (Å²) < 4.78 is 6.50. The van der Waals surface area contributed by atoms with Crippen LogP contribution in [0.25, 0.3) is 0 Å². The summed E-state index contributed by atoms with van der Waals surface area (Å²) in [6.45, 7) is 2.82. The van der Waals surface area contributed by atoms with Crippen molar-refractivity contribution in [2.75, 3.05) is 11.9 Å². The van der Waals surface area contributed by atoms with Gasteiger partial charge in [-0.2, -0.15) is 0 Å². The van der Waals surface area contributed by atoms with Crippen molar-refractivity contribution in [1.29, 1.82) is 0 Å². The molecule has 0 bridgehead atoms. The summed E-state index contributed by atoms with van der Waals surface area (Å²) in [7, 11) is 0. The number of halogens is 1. The molecule has 0 atom stereocenters. The lowest BCUT2D eigenvalue weighted by atomic mass is 9.95.